The molecule has 2 rings (SSSR count). The molecule has 0 aromatic carbocycles. The fourth-order valence-electron chi connectivity index (χ4n) is 1.93. The Balaban J connectivity index is 2.31. The van der Waals surface area contributed by atoms with Crippen LogP contribution in [0.4, 0.5) is 5.00 Å². The van der Waals surface area contributed by atoms with E-state index in [1.165, 1.54) is 11.3 Å². The molecule has 1 heterocycles. The molecule has 0 saturated carbocycles. The average molecular weight is 286 g/mol. The largest absolute Gasteiger partial charge is 0.480 e. The number of nitriles is 1. The summed E-state index contributed by atoms with van der Waals surface area (Å²) in [5.41, 5.74) is 1.23. The number of carboxylic acids is 1. The van der Waals surface area contributed by atoms with E-state index in [0.29, 0.717) is 5.56 Å². The number of thiophene rings is 1. The maximum Gasteiger partial charge on any atom is 0.320 e. The van der Waals surface area contributed by atoms with Gasteiger partial charge in [-0.1, -0.05) is 0 Å². The molecular formula is C10H10N2O4S2. The fourth-order valence-corrected chi connectivity index (χ4v) is 4.35. The van der Waals surface area contributed by atoms with Crippen LogP contribution in [-0.2, 0) is 27.7 Å². The van der Waals surface area contributed by atoms with Crippen LogP contribution in [0.1, 0.15) is 22.4 Å². The molecule has 0 saturated heterocycles. The quantitative estimate of drug-likeness (QED) is 0.856. The molecule has 0 spiro atoms. The van der Waals surface area contributed by atoms with Gasteiger partial charge in [0.2, 0.25) is 10.0 Å². The predicted octanol–water partition coefficient (Wildman–Crippen LogP) is 0.935. The zero-order chi connectivity index (χ0) is 13.3. The summed E-state index contributed by atoms with van der Waals surface area (Å²) in [6.45, 7) is 0. The SMILES string of the molecule is N#Cc1c(NS(=O)(=O)CC(=O)O)sc2c1CCC2. The van der Waals surface area contributed by atoms with Crippen molar-refractivity contribution in [2.75, 3.05) is 10.5 Å². The minimum atomic E-state index is -3.94. The summed E-state index contributed by atoms with van der Waals surface area (Å²) in [6, 6.07) is 1.99. The van der Waals surface area contributed by atoms with Gasteiger partial charge in [-0.25, -0.2) is 8.42 Å². The highest BCUT2D eigenvalue weighted by Crippen LogP contribution is 2.38. The van der Waals surface area contributed by atoms with Gasteiger partial charge in [-0.3, -0.25) is 9.52 Å². The number of sulfonamides is 1. The second-order valence-electron chi connectivity index (χ2n) is 3.93. The van der Waals surface area contributed by atoms with Crippen molar-refractivity contribution in [3.8, 4) is 6.07 Å². The van der Waals surface area contributed by atoms with Crippen LogP contribution < -0.4 is 4.72 Å². The van der Waals surface area contributed by atoms with Gasteiger partial charge in [0.05, 0.1) is 5.56 Å². The van der Waals surface area contributed by atoms with E-state index >= 15 is 0 Å². The van der Waals surface area contributed by atoms with Crippen LogP contribution in [0.2, 0.25) is 0 Å². The molecule has 6 nitrogen and oxygen atoms in total. The molecule has 0 aliphatic heterocycles. The number of hydrogen-bond donors (Lipinski definition) is 2. The number of carbonyl (C=O) groups is 1. The molecule has 2 N–H and O–H groups in total. The van der Waals surface area contributed by atoms with Crippen LogP contribution in [0, 0.1) is 11.3 Å². The van der Waals surface area contributed by atoms with Crippen LogP contribution in [0.25, 0.3) is 0 Å². The van der Waals surface area contributed by atoms with E-state index in [1.54, 1.807) is 0 Å². The highest BCUT2D eigenvalue weighted by molar-refractivity contribution is 7.93. The van der Waals surface area contributed by atoms with Crippen molar-refractivity contribution in [3.63, 3.8) is 0 Å². The number of carboxylic acid groups (broad SMARTS) is 1. The normalized spacial score (nSPS) is 13.9. The van der Waals surface area contributed by atoms with Crippen LogP contribution in [0.3, 0.4) is 0 Å². The van der Waals surface area contributed by atoms with Crippen molar-refractivity contribution in [1.82, 2.24) is 0 Å². The number of aliphatic carboxylic acids is 1. The molecule has 1 aliphatic carbocycles. The Hall–Kier alpha value is -1.59. The van der Waals surface area contributed by atoms with E-state index in [4.69, 9.17) is 10.4 Å². The van der Waals surface area contributed by atoms with Crippen molar-refractivity contribution < 1.29 is 18.3 Å². The number of aryl methyl sites for hydroxylation is 1. The number of anilines is 1. The minimum Gasteiger partial charge on any atom is -0.480 e. The van der Waals surface area contributed by atoms with Crippen molar-refractivity contribution in [2.24, 2.45) is 0 Å². The predicted molar refractivity (Wildman–Crippen MR) is 66.1 cm³/mol. The third-order valence-corrected chi connectivity index (χ3v) is 5.07. The number of hydrogen-bond acceptors (Lipinski definition) is 5. The topological polar surface area (TPSA) is 107 Å². The van der Waals surface area contributed by atoms with E-state index in [-0.39, 0.29) is 5.00 Å². The lowest BCUT2D eigenvalue weighted by atomic mass is 10.1. The van der Waals surface area contributed by atoms with E-state index in [0.717, 1.165) is 29.7 Å². The summed E-state index contributed by atoms with van der Waals surface area (Å²) in [4.78, 5) is 11.4. The molecule has 0 amide bonds. The first-order valence-electron chi connectivity index (χ1n) is 5.20. The highest BCUT2D eigenvalue weighted by Gasteiger charge is 2.25. The third-order valence-electron chi connectivity index (χ3n) is 2.59. The van der Waals surface area contributed by atoms with Crippen LogP contribution in [-0.4, -0.2) is 25.2 Å². The lowest BCUT2D eigenvalue weighted by molar-refractivity contribution is -0.134. The first kappa shape index (κ1) is 12.9. The summed E-state index contributed by atoms with van der Waals surface area (Å²) in [7, 11) is -3.94. The molecule has 0 atom stereocenters. The molecule has 1 aliphatic rings. The lowest BCUT2D eigenvalue weighted by Crippen LogP contribution is -2.22. The van der Waals surface area contributed by atoms with Crippen molar-refractivity contribution in [3.05, 3.63) is 16.0 Å². The molecule has 1 aromatic heterocycles. The van der Waals surface area contributed by atoms with E-state index in [2.05, 4.69) is 4.72 Å². The molecule has 0 unspecified atom stereocenters. The van der Waals surface area contributed by atoms with E-state index in [1.807, 2.05) is 6.07 Å². The summed E-state index contributed by atoms with van der Waals surface area (Å²) < 4.78 is 25.2. The third kappa shape index (κ3) is 2.47. The molecule has 0 radical (unpaired) electrons. The van der Waals surface area contributed by atoms with Crippen LogP contribution in [0.15, 0.2) is 0 Å². The molecule has 8 heteroatoms. The summed E-state index contributed by atoms with van der Waals surface area (Å²) >= 11 is 1.22. The number of nitrogens with one attached hydrogen (secondary N) is 1. The first-order chi connectivity index (χ1) is 8.43. The maximum absolute atomic E-state index is 11.5. The maximum atomic E-state index is 11.5. The van der Waals surface area contributed by atoms with Gasteiger partial charge in [0.25, 0.3) is 0 Å². The molecule has 96 valence electrons. The zero-order valence-electron chi connectivity index (χ0n) is 9.26. The second kappa shape index (κ2) is 4.59. The number of nitrogens with zero attached hydrogens (tertiary/aromatic N) is 1. The standard InChI is InChI=1S/C10H10N2O4S2/c11-4-7-6-2-1-3-8(6)17-10(7)12-18(15,16)5-9(13)14/h12H,1-3,5H2,(H,13,14). The lowest BCUT2D eigenvalue weighted by Gasteiger charge is -2.04. The van der Waals surface area contributed by atoms with Gasteiger partial charge in [-0.15, -0.1) is 11.3 Å². The summed E-state index contributed by atoms with van der Waals surface area (Å²) in [5.74, 6) is -2.43. The number of rotatable bonds is 4. The Bertz CT molecular complexity index is 640. The zero-order valence-corrected chi connectivity index (χ0v) is 10.9. The molecule has 0 bridgehead atoms. The van der Waals surface area contributed by atoms with E-state index in [9.17, 15) is 13.2 Å². The first-order valence-corrected chi connectivity index (χ1v) is 7.67. The smallest absolute Gasteiger partial charge is 0.320 e. The Kier molecular flexibility index (Phi) is 3.28. The van der Waals surface area contributed by atoms with Gasteiger partial charge >= 0.3 is 5.97 Å². The van der Waals surface area contributed by atoms with Crippen molar-refractivity contribution in [2.45, 2.75) is 19.3 Å². The van der Waals surface area contributed by atoms with Gasteiger partial charge < -0.3 is 5.11 Å². The minimum absolute atomic E-state index is 0.239. The Morgan fingerprint density at radius 2 is 2.22 bits per heavy atom. The Labute approximate surface area is 108 Å². The summed E-state index contributed by atoms with van der Waals surface area (Å²) in [6.07, 6.45) is 2.59. The second-order valence-corrected chi connectivity index (χ2v) is 6.76. The van der Waals surface area contributed by atoms with Gasteiger partial charge in [-0.2, -0.15) is 5.26 Å². The Morgan fingerprint density at radius 3 is 2.83 bits per heavy atom. The van der Waals surface area contributed by atoms with Gasteiger partial charge in [-0.05, 0) is 24.8 Å². The van der Waals surface area contributed by atoms with Crippen molar-refractivity contribution >= 4 is 32.3 Å². The summed E-state index contributed by atoms with van der Waals surface area (Å²) in [5, 5.41) is 17.8. The van der Waals surface area contributed by atoms with Crippen LogP contribution >= 0.6 is 11.3 Å². The molecular weight excluding hydrogens is 276 g/mol. The highest BCUT2D eigenvalue weighted by atomic mass is 32.2. The van der Waals surface area contributed by atoms with Crippen molar-refractivity contribution in [1.29, 1.82) is 5.26 Å². The number of fused-ring (bicyclic) bond motifs is 1. The molecule has 0 fully saturated rings. The van der Waals surface area contributed by atoms with Gasteiger partial charge in [0, 0.05) is 4.88 Å². The van der Waals surface area contributed by atoms with Gasteiger partial charge in [0.1, 0.15) is 11.1 Å². The Morgan fingerprint density at radius 1 is 1.50 bits per heavy atom. The molecule has 18 heavy (non-hydrogen) atoms. The molecule has 1 aromatic rings. The van der Waals surface area contributed by atoms with Crippen LogP contribution in [0.5, 0.6) is 0 Å². The monoisotopic (exact) mass is 286 g/mol. The fraction of sp³-hybridized carbons (Fsp3) is 0.400. The average Bonchev–Trinajstić information content (AvgIpc) is 2.74. The van der Waals surface area contributed by atoms with Gasteiger partial charge in [0.15, 0.2) is 5.75 Å². The van der Waals surface area contributed by atoms with E-state index < -0.39 is 21.7 Å².